The van der Waals surface area contributed by atoms with Gasteiger partial charge in [0.2, 0.25) is 0 Å². The molecule has 1 unspecified atom stereocenters. The average Bonchev–Trinajstić information content (AvgIpc) is 2.43. The van der Waals surface area contributed by atoms with Gasteiger partial charge in [-0.1, -0.05) is 18.2 Å². The highest BCUT2D eigenvalue weighted by Gasteiger charge is 2.17. The maximum atomic E-state index is 11.1. The second-order valence-electron chi connectivity index (χ2n) is 4.03. The molecule has 5 nitrogen and oxygen atoms in total. The van der Waals surface area contributed by atoms with Gasteiger partial charge in [0, 0.05) is 12.3 Å². The first-order chi connectivity index (χ1) is 8.97. The smallest absolute Gasteiger partial charge is 0.337 e. The molecule has 19 heavy (non-hydrogen) atoms. The van der Waals surface area contributed by atoms with Crippen molar-refractivity contribution in [3.63, 3.8) is 0 Å². The van der Waals surface area contributed by atoms with Gasteiger partial charge in [-0.15, -0.1) is 11.6 Å². The zero-order chi connectivity index (χ0) is 14.4. The monoisotopic (exact) mass is 286 g/mol. The fourth-order valence-corrected chi connectivity index (χ4v) is 1.82. The number of esters is 1. The lowest BCUT2D eigenvalue weighted by Crippen LogP contribution is -2.11. The van der Waals surface area contributed by atoms with Crippen LogP contribution < -0.4 is 0 Å². The average molecular weight is 287 g/mol. The van der Waals surface area contributed by atoms with Gasteiger partial charge in [-0.2, -0.15) is 0 Å². The van der Waals surface area contributed by atoms with Crippen LogP contribution in [0.25, 0.3) is 0 Å². The molecule has 0 amide bonds. The number of ether oxygens (including phenoxy) is 1. The van der Waals surface area contributed by atoms with Crippen LogP contribution in [0.15, 0.2) is 18.2 Å². The first-order valence-corrected chi connectivity index (χ1v) is 6.17. The van der Waals surface area contributed by atoms with Crippen LogP contribution in [0.2, 0.25) is 0 Å². The Bertz CT molecular complexity index is 472. The van der Waals surface area contributed by atoms with Gasteiger partial charge in [-0.3, -0.25) is 4.79 Å². The van der Waals surface area contributed by atoms with E-state index in [1.54, 1.807) is 12.1 Å². The maximum absolute atomic E-state index is 11.1. The van der Waals surface area contributed by atoms with E-state index in [4.69, 9.17) is 16.7 Å². The van der Waals surface area contributed by atoms with Crippen molar-refractivity contribution in [3.05, 3.63) is 34.9 Å². The summed E-state index contributed by atoms with van der Waals surface area (Å²) in [4.78, 5) is 21.8. The summed E-state index contributed by atoms with van der Waals surface area (Å²) in [6.45, 7) is 0. The van der Waals surface area contributed by atoms with Crippen molar-refractivity contribution in [2.45, 2.75) is 24.8 Å². The number of carboxylic acids is 1. The van der Waals surface area contributed by atoms with E-state index in [1.807, 2.05) is 0 Å². The van der Waals surface area contributed by atoms with Crippen LogP contribution in [-0.2, 0) is 26.6 Å². The first kappa shape index (κ1) is 15.5. The summed E-state index contributed by atoms with van der Waals surface area (Å²) in [7, 11) is 1.30. The van der Waals surface area contributed by atoms with Crippen LogP contribution in [0.3, 0.4) is 0 Å². The number of benzene rings is 1. The lowest BCUT2D eigenvalue weighted by Gasteiger charge is -2.10. The minimum atomic E-state index is -1.60. The molecular formula is C13H15ClO5. The fraction of sp³-hybridized carbons (Fsp3) is 0.385. The van der Waals surface area contributed by atoms with Gasteiger partial charge in [0.05, 0.1) is 7.11 Å². The van der Waals surface area contributed by atoms with Crippen LogP contribution >= 0.6 is 11.6 Å². The van der Waals surface area contributed by atoms with Gasteiger partial charge in [0.25, 0.3) is 0 Å². The van der Waals surface area contributed by atoms with Crippen molar-refractivity contribution >= 4 is 23.5 Å². The number of aliphatic hydroxyl groups is 1. The van der Waals surface area contributed by atoms with E-state index in [9.17, 15) is 14.7 Å². The Morgan fingerprint density at radius 1 is 1.32 bits per heavy atom. The molecule has 0 bridgehead atoms. The zero-order valence-corrected chi connectivity index (χ0v) is 11.2. The predicted molar refractivity (Wildman–Crippen MR) is 68.9 cm³/mol. The summed E-state index contributed by atoms with van der Waals surface area (Å²) in [5.41, 5.74) is 1.68. The molecule has 6 heteroatoms. The molecule has 0 aliphatic carbocycles. The van der Waals surface area contributed by atoms with Gasteiger partial charge in [0.15, 0.2) is 6.10 Å². The SMILES string of the molecule is COC(=O)CCc1cc(CCl)cc(C(O)C(=O)O)c1. The molecule has 0 fully saturated rings. The van der Waals surface area contributed by atoms with Crippen molar-refractivity contribution in [3.8, 4) is 0 Å². The number of carbonyl (C=O) groups is 2. The van der Waals surface area contributed by atoms with E-state index in [1.165, 1.54) is 13.2 Å². The summed E-state index contributed by atoms with van der Waals surface area (Å²) in [6.07, 6.45) is -1.01. The Morgan fingerprint density at radius 3 is 2.47 bits per heavy atom. The van der Waals surface area contributed by atoms with Gasteiger partial charge >= 0.3 is 11.9 Å². The van der Waals surface area contributed by atoms with Crippen LogP contribution in [0.4, 0.5) is 0 Å². The van der Waals surface area contributed by atoms with E-state index >= 15 is 0 Å². The highest BCUT2D eigenvalue weighted by atomic mass is 35.5. The number of carbonyl (C=O) groups excluding carboxylic acids is 1. The Labute approximate surface area is 115 Å². The zero-order valence-electron chi connectivity index (χ0n) is 10.4. The molecule has 104 valence electrons. The van der Waals surface area contributed by atoms with Crippen molar-refractivity contribution in [2.75, 3.05) is 7.11 Å². The quantitative estimate of drug-likeness (QED) is 0.614. The second kappa shape index (κ2) is 7.11. The van der Waals surface area contributed by atoms with Crippen LogP contribution in [0.1, 0.15) is 29.2 Å². The van der Waals surface area contributed by atoms with Crippen molar-refractivity contribution in [2.24, 2.45) is 0 Å². The first-order valence-electron chi connectivity index (χ1n) is 5.64. The number of aliphatic hydroxyl groups excluding tert-OH is 1. The second-order valence-corrected chi connectivity index (χ2v) is 4.30. The summed E-state index contributed by atoms with van der Waals surface area (Å²) >= 11 is 5.72. The summed E-state index contributed by atoms with van der Waals surface area (Å²) < 4.78 is 4.54. The summed E-state index contributed by atoms with van der Waals surface area (Å²) in [5, 5.41) is 18.3. The maximum Gasteiger partial charge on any atom is 0.337 e. The molecule has 1 aromatic rings. The van der Waals surface area contributed by atoms with E-state index in [0.717, 1.165) is 5.56 Å². The van der Waals surface area contributed by atoms with Gasteiger partial charge in [-0.25, -0.2) is 4.79 Å². The number of hydrogen-bond acceptors (Lipinski definition) is 4. The molecule has 0 saturated carbocycles. The van der Waals surface area contributed by atoms with Crippen molar-refractivity contribution in [1.82, 2.24) is 0 Å². The number of carboxylic acid groups (broad SMARTS) is 1. The molecule has 0 aliphatic rings. The predicted octanol–water partition coefficient (Wildman–Crippen LogP) is 1.65. The largest absolute Gasteiger partial charge is 0.479 e. The molecule has 1 atom stereocenters. The number of methoxy groups -OCH3 is 1. The third-order valence-electron chi connectivity index (χ3n) is 2.62. The summed E-state index contributed by atoms with van der Waals surface area (Å²) in [6, 6.07) is 4.86. The molecule has 0 spiro atoms. The summed E-state index contributed by atoms with van der Waals surface area (Å²) in [5.74, 6) is -1.48. The van der Waals surface area contributed by atoms with E-state index in [0.29, 0.717) is 12.0 Å². The number of aryl methyl sites for hydroxylation is 1. The highest BCUT2D eigenvalue weighted by molar-refractivity contribution is 6.17. The lowest BCUT2D eigenvalue weighted by molar-refractivity contribution is -0.147. The molecule has 2 N–H and O–H groups in total. The Hall–Kier alpha value is -1.59. The Morgan fingerprint density at radius 2 is 1.95 bits per heavy atom. The minimum absolute atomic E-state index is 0.185. The van der Waals surface area contributed by atoms with Crippen LogP contribution in [0, 0.1) is 0 Å². The number of alkyl halides is 1. The van der Waals surface area contributed by atoms with Crippen molar-refractivity contribution < 1.29 is 24.5 Å². The van der Waals surface area contributed by atoms with Gasteiger partial charge < -0.3 is 14.9 Å². The molecule has 1 rings (SSSR count). The van der Waals surface area contributed by atoms with Gasteiger partial charge in [0.1, 0.15) is 0 Å². The third-order valence-corrected chi connectivity index (χ3v) is 2.93. The number of rotatable bonds is 6. The molecule has 0 aliphatic heterocycles. The Balaban J connectivity index is 2.95. The van der Waals surface area contributed by atoms with Crippen LogP contribution in [0.5, 0.6) is 0 Å². The number of hydrogen-bond donors (Lipinski definition) is 2. The molecule has 0 radical (unpaired) electrons. The van der Waals surface area contributed by atoms with Crippen molar-refractivity contribution in [1.29, 1.82) is 0 Å². The highest BCUT2D eigenvalue weighted by Crippen LogP contribution is 2.20. The molecule has 0 aromatic heterocycles. The van der Waals surface area contributed by atoms with E-state index in [-0.39, 0.29) is 23.8 Å². The number of halogens is 1. The topological polar surface area (TPSA) is 83.8 Å². The molecule has 0 saturated heterocycles. The number of aliphatic carboxylic acids is 1. The van der Waals surface area contributed by atoms with Crippen LogP contribution in [-0.4, -0.2) is 29.3 Å². The third kappa shape index (κ3) is 4.54. The van der Waals surface area contributed by atoms with Gasteiger partial charge in [-0.05, 0) is 23.1 Å². The normalized spacial score (nSPS) is 11.9. The van der Waals surface area contributed by atoms with E-state index in [2.05, 4.69) is 4.74 Å². The van der Waals surface area contributed by atoms with E-state index < -0.39 is 12.1 Å². The Kier molecular flexibility index (Phi) is 5.79. The molecular weight excluding hydrogens is 272 g/mol. The lowest BCUT2D eigenvalue weighted by atomic mass is 10.00. The molecule has 0 heterocycles. The fourth-order valence-electron chi connectivity index (χ4n) is 1.66. The molecule has 1 aromatic carbocycles. The minimum Gasteiger partial charge on any atom is -0.479 e. The standard InChI is InChI=1S/C13H15ClO5/c1-19-11(15)3-2-8-4-9(7-14)6-10(5-8)12(16)13(17)18/h4-6,12,16H,2-3,7H2,1H3,(H,17,18).